The number of nitrogens with zero attached hydrogens (tertiary/aromatic N) is 1. The quantitative estimate of drug-likeness (QED) is 0.910. The maximum atomic E-state index is 14.0. The highest BCUT2D eigenvalue weighted by molar-refractivity contribution is 5.55. The standard InChI is InChI=1S/C15H22FNO2/c1-11(18)13-7-5-8-14(16)15(13)17(2)10-12-6-3-4-9-19-12/h5,7-8,11-12,18H,3-4,6,9-10H2,1-2H3/t11-,12?/m0/s1. The van der Waals surface area contributed by atoms with Crippen molar-refractivity contribution in [2.75, 3.05) is 25.1 Å². The zero-order chi connectivity index (χ0) is 13.8. The number of ether oxygens (including phenoxy) is 1. The molecule has 1 aromatic carbocycles. The Hall–Kier alpha value is -1.13. The average Bonchev–Trinajstić information content (AvgIpc) is 2.39. The van der Waals surface area contributed by atoms with Gasteiger partial charge in [-0.3, -0.25) is 0 Å². The Morgan fingerprint density at radius 3 is 2.89 bits per heavy atom. The number of rotatable bonds is 4. The van der Waals surface area contributed by atoms with Crippen LogP contribution in [-0.2, 0) is 4.74 Å². The lowest BCUT2D eigenvalue weighted by molar-refractivity contribution is 0.0215. The topological polar surface area (TPSA) is 32.7 Å². The largest absolute Gasteiger partial charge is 0.389 e. The number of benzene rings is 1. The van der Waals surface area contributed by atoms with Crippen molar-refractivity contribution in [3.8, 4) is 0 Å². The highest BCUT2D eigenvalue weighted by atomic mass is 19.1. The van der Waals surface area contributed by atoms with Gasteiger partial charge in [-0.15, -0.1) is 0 Å². The van der Waals surface area contributed by atoms with Gasteiger partial charge in [0.15, 0.2) is 0 Å². The Labute approximate surface area is 114 Å². The van der Waals surface area contributed by atoms with Gasteiger partial charge in [-0.2, -0.15) is 0 Å². The molecule has 4 heteroatoms. The average molecular weight is 267 g/mol. The van der Waals surface area contributed by atoms with Crippen molar-refractivity contribution in [1.29, 1.82) is 0 Å². The third kappa shape index (κ3) is 3.45. The number of aliphatic hydroxyl groups excluding tert-OH is 1. The summed E-state index contributed by atoms with van der Waals surface area (Å²) in [6.07, 6.45) is 2.77. The van der Waals surface area contributed by atoms with E-state index < -0.39 is 6.10 Å². The molecule has 0 spiro atoms. The van der Waals surface area contributed by atoms with Crippen LogP contribution in [-0.4, -0.2) is 31.4 Å². The van der Waals surface area contributed by atoms with Crippen LogP contribution in [0.25, 0.3) is 0 Å². The first-order valence-electron chi connectivity index (χ1n) is 6.89. The van der Waals surface area contributed by atoms with Crippen LogP contribution in [0.3, 0.4) is 0 Å². The smallest absolute Gasteiger partial charge is 0.146 e. The predicted octanol–water partition coefficient (Wildman–Crippen LogP) is 2.88. The summed E-state index contributed by atoms with van der Waals surface area (Å²) in [4.78, 5) is 1.85. The Bertz CT molecular complexity index is 417. The van der Waals surface area contributed by atoms with Gasteiger partial charge in [0, 0.05) is 25.8 Å². The number of anilines is 1. The molecule has 1 saturated heterocycles. The molecule has 0 saturated carbocycles. The molecule has 1 aliphatic rings. The second-order valence-corrected chi connectivity index (χ2v) is 5.22. The minimum absolute atomic E-state index is 0.153. The molecule has 1 unspecified atom stereocenters. The third-order valence-electron chi connectivity index (χ3n) is 3.60. The summed E-state index contributed by atoms with van der Waals surface area (Å²) in [7, 11) is 1.85. The molecular weight excluding hydrogens is 245 g/mol. The molecule has 1 fully saturated rings. The molecule has 1 aromatic rings. The van der Waals surface area contributed by atoms with Gasteiger partial charge in [0.25, 0.3) is 0 Å². The van der Waals surface area contributed by atoms with Crippen molar-refractivity contribution >= 4 is 5.69 Å². The van der Waals surface area contributed by atoms with Crippen molar-refractivity contribution in [3.63, 3.8) is 0 Å². The van der Waals surface area contributed by atoms with Gasteiger partial charge in [-0.25, -0.2) is 4.39 Å². The zero-order valence-electron chi connectivity index (χ0n) is 11.6. The van der Waals surface area contributed by atoms with Crippen molar-refractivity contribution in [2.24, 2.45) is 0 Å². The Morgan fingerprint density at radius 2 is 2.26 bits per heavy atom. The van der Waals surface area contributed by atoms with Crippen LogP contribution in [0, 0.1) is 5.82 Å². The maximum Gasteiger partial charge on any atom is 0.146 e. The molecule has 0 bridgehead atoms. The van der Waals surface area contributed by atoms with E-state index in [2.05, 4.69) is 0 Å². The van der Waals surface area contributed by atoms with Gasteiger partial charge in [0.2, 0.25) is 0 Å². The lowest BCUT2D eigenvalue weighted by atomic mass is 10.1. The minimum Gasteiger partial charge on any atom is -0.389 e. The fourth-order valence-electron chi connectivity index (χ4n) is 2.62. The molecule has 2 atom stereocenters. The summed E-state index contributed by atoms with van der Waals surface area (Å²) in [6, 6.07) is 4.83. The molecule has 1 heterocycles. The Kier molecular flexibility index (Phi) is 4.77. The van der Waals surface area contributed by atoms with Crippen LogP contribution >= 0.6 is 0 Å². The van der Waals surface area contributed by atoms with Gasteiger partial charge in [-0.1, -0.05) is 12.1 Å². The fourth-order valence-corrected chi connectivity index (χ4v) is 2.62. The molecule has 19 heavy (non-hydrogen) atoms. The van der Waals surface area contributed by atoms with E-state index in [1.54, 1.807) is 19.1 Å². The number of hydrogen-bond acceptors (Lipinski definition) is 3. The van der Waals surface area contributed by atoms with E-state index in [0.717, 1.165) is 19.4 Å². The Morgan fingerprint density at radius 1 is 1.47 bits per heavy atom. The fraction of sp³-hybridized carbons (Fsp3) is 0.600. The van der Waals surface area contributed by atoms with Gasteiger partial charge < -0.3 is 14.7 Å². The van der Waals surface area contributed by atoms with Gasteiger partial charge >= 0.3 is 0 Å². The van der Waals surface area contributed by atoms with E-state index in [1.807, 2.05) is 11.9 Å². The molecule has 0 amide bonds. The van der Waals surface area contributed by atoms with Gasteiger partial charge in [0.05, 0.1) is 17.9 Å². The third-order valence-corrected chi connectivity index (χ3v) is 3.60. The minimum atomic E-state index is -0.680. The van der Waals surface area contributed by atoms with E-state index in [9.17, 15) is 9.50 Å². The van der Waals surface area contributed by atoms with Gasteiger partial charge in [-0.05, 0) is 32.3 Å². The van der Waals surface area contributed by atoms with Crippen molar-refractivity contribution < 1.29 is 14.2 Å². The summed E-state index contributed by atoms with van der Waals surface area (Å²) in [5.74, 6) is -0.295. The molecule has 1 aliphatic heterocycles. The van der Waals surface area contributed by atoms with E-state index in [4.69, 9.17) is 4.74 Å². The molecule has 106 valence electrons. The summed E-state index contributed by atoms with van der Waals surface area (Å²) in [5.41, 5.74) is 1.10. The first-order valence-corrected chi connectivity index (χ1v) is 6.89. The van der Waals surface area contributed by atoms with Crippen LogP contribution in [0.5, 0.6) is 0 Å². The number of aliphatic hydroxyl groups is 1. The van der Waals surface area contributed by atoms with Crippen molar-refractivity contribution in [1.82, 2.24) is 0 Å². The highest BCUT2D eigenvalue weighted by Gasteiger charge is 2.21. The molecule has 3 nitrogen and oxygen atoms in total. The number of para-hydroxylation sites is 1. The number of halogens is 1. The molecule has 0 aliphatic carbocycles. The highest BCUT2D eigenvalue weighted by Crippen LogP contribution is 2.29. The first kappa shape index (κ1) is 14.3. The molecule has 1 N–H and O–H groups in total. The summed E-state index contributed by atoms with van der Waals surface area (Å²) in [5, 5.41) is 9.76. The number of likely N-dealkylation sites (N-methyl/N-ethyl adjacent to an activating group) is 1. The number of hydrogen-bond donors (Lipinski definition) is 1. The molecule has 2 rings (SSSR count). The van der Waals surface area contributed by atoms with E-state index in [-0.39, 0.29) is 11.9 Å². The second-order valence-electron chi connectivity index (χ2n) is 5.22. The summed E-state index contributed by atoms with van der Waals surface area (Å²) < 4.78 is 19.7. The maximum absolute atomic E-state index is 14.0. The first-order chi connectivity index (χ1) is 9.09. The van der Waals surface area contributed by atoms with E-state index >= 15 is 0 Å². The van der Waals surface area contributed by atoms with Crippen LogP contribution in [0.15, 0.2) is 18.2 Å². The lowest BCUT2D eigenvalue weighted by Crippen LogP contribution is -2.34. The van der Waals surface area contributed by atoms with Crippen LogP contribution in [0.1, 0.15) is 37.9 Å². The van der Waals surface area contributed by atoms with Crippen LogP contribution in [0.4, 0.5) is 10.1 Å². The van der Waals surface area contributed by atoms with Crippen LogP contribution in [0.2, 0.25) is 0 Å². The van der Waals surface area contributed by atoms with Crippen LogP contribution < -0.4 is 4.90 Å². The summed E-state index contributed by atoms with van der Waals surface area (Å²) >= 11 is 0. The SMILES string of the molecule is C[C@H](O)c1cccc(F)c1N(C)CC1CCCCO1. The summed E-state index contributed by atoms with van der Waals surface area (Å²) in [6.45, 7) is 3.10. The molecular formula is C15H22FNO2. The zero-order valence-corrected chi connectivity index (χ0v) is 11.6. The lowest BCUT2D eigenvalue weighted by Gasteiger charge is -2.30. The van der Waals surface area contributed by atoms with Gasteiger partial charge in [0.1, 0.15) is 5.82 Å². The molecule has 0 radical (unpaired) electrons. The second kappa shape index (κ2) is 6.35. The van der Waals surface area contributed by atoms with Crippen molar-refractivity contribution in [2.45, 2.75) is 38.4 Å². The normalized spacial score (nSPS) is 21.2. The van der Waals surface area contributed by atoms with E-state index in [1.165, 1.54) is 12.5 Å². The van der Waals surface area contributed by atoms with E-state index in [0.29, 0.717) is 17.8 Å². The van der Waals surface area contributed by atoms with Crippen molar-refractivity contribution in [3.05, 3.63) is 29.6 Å². The molecule has 0 aromatic heterocycles. The monoisotopic (exact) mass is 267 g/mol. The predicted molar refractivity (Wildman–Crippen MR) is 73.9 cm³/mol. The Balaban J connectivity index is 2.15.